The van der Waals surface area contributed by atoms with Gasteiger partial charge in [0.05, 0.1) is 22.9 Å². The lowest BCUT2D eigenvalue weighted by molar-refractivity contribution is 0.956. The minimum atomic E-state index is 0.818. The van der Waals surface area contributed by atoms with E-state index in [-0.39, 0.29) is 0 Å². The minimum absolute atomic E-state index is 0.818. The number of imidazole rings is 1. The van der Waals surface area contributed by atoms with Crippen molar-refractivity contribution in [1.82, 2.24) is 14.4 Å². The molecule has 0 N–H and O–H groups in total. The summed E-state index contributed by atoms with van der Waals surface area (Å²) >= 11 is 1.71. The van der Waals surface area contributed by atoms with Gasteiger partial charge in [-0.1, -0.05) is 42.1 Å². The van der Waals surface area contributed by atoms with Crippen LogP contribution in [0.5, 0.6) is 0 Å². The van der Waals surface area contributed by atoms with Gasteiger partial charge in [0.1, 0.15) is 0 Å². The lowest BCUT2D eigenvalue weighted by atomic mass is 10.2. The topological polar surface area (TPSA) is 30.2 Å². The summed E-state index contributed by atoms with van der Waals surface area (Å²) in [4.78, 5) is 9.17. The van der Waals surface area contributed by atoms with Gasteiger partial charge in [0, 0.05) is 17.3 Å². The van der Waals surface area contributed by atoms with Crippen LogP contribution in [0.3, 0.4) is 0 Å². The molecular formula is C17H13N3S. The molecule has 0 saturated heterocycles. The molecule has 21 heavy (non-hydrogen) atoms. The summed E-state index contributed by atoms with van der Waals surface area (Å²) in [5.41, 5.74) is 3.24. The summed E-state index contributed by atoms with van der Waals surface area (Å²) < 4.78 is 2.10. The van der Waals surface area contributed by atoms with Crippen molar-refractivity contribution in [2.45, 2.75) is 10.9 Å². The summed E-state index contributed by atoms with van der Waals surface area (Å²) in [6.07, 6.45) is 3.94. The number of thioether (sulfide) groups is 1. The van der Waals surface area contributed by atoms with Gasteiger partial charge in [0.2, 0.25) is 0 Å². The van der Waals surface area contributed by atoms with Crippen LogP contribution in [0.4, 0.5) is 0 Å². The number of nitrogens with zero attached hydrogens (tertiary/aromatic N) is 3. The van der Waals surface area contributed by atoms with Crippen LogP contribution < -0.4 is 0 Å². The molecular weight excluding hydrogens is 278 g/mol. The van der Waals surface area contributed by atoms with E-state index in [4.69, 9.17) is 4.98 Å². The van der Waals surface area contributed by atoms with Crippen molar-refractivity contribution >= 4 is 28.2 Å². The maximum Gasteiger partial charge on any atom is 0.172 e. The maximum absolute atomic E-state index is 4.70. The molecule has 4 rings (SSSR count). The number of para-hydroxylation sites is 1. The molecule has 0 aliphatic rings. The lowest BCUT2D eigenvalue weighted by Gasteiger charge is -2.03. The Labute approximate surface area is 126 Å². The van der Waals surface area contributed by atoms with Crippen LogP contribution in [0.1, 0.15) is 5.69 Å². The molecule has 102 valence electrons. The zero-order valence-electron chi connectivity index (χ0n) is 11.3. The molecule has 0 fully saturated rings. The van der Waals surface area contributed by atoms with Gasteiger partial charge in [0.15, 0.2) is 5.16 Å². The van der Waals surface area contributed by atoms with Crippen LogP contribution in [0.15, 0.2) is 72.1 Å². The number of fused-ring (bicyclic) bond motifs is 2. The van der Waals surface area contributed by atoms with E-state index < -0.39 is 0 Å². The third-order valence-corrected chi connectivity index (χ3v) is 4.41. The summed E-state index contributed by atoms with van der Waals surface area (Å²) in [6, 6.07) is 18.5. The number of rotatable bonds is 3. The fourth-order valence-electron chi connectivity index (χ4n) is 2.35. The predicted octanol–water partition coefficient (Wildman–Crippen LogP) is 4.17. The average molecular weight is 291 g/mol. The number of benzene rings is 1. The Morgan fingerprint density at radius 1 is 0.952 bits per heavy atom. The minimum Gasteiger partial charge on any atom is -0.295 e. The largest absolute Gasteiger partial charge is 0.295 e. The lowest BCUT2D eigenvalue weighted by Crippen LogP contribution is -1.90. The van der Waals surface area contributed by atoms with Gasteiger partial charge in [0.25, 0.3) is 0 Å². The first-order chi connectivity index (χ1) is 10.4. The molecule has 0 spiro atoms. The smallest absolute Gasteiger partial charge is 0.172 e. The van der Waals surface area contributed by atoms with Crippen LogP contribution in [-0.2, 0) is 5.75 Å². The summed E-state index contributed by atoms with van der Waals surface area (Å²) in [5.74, 6) is 0.818. The molecule has 0 atom stereocenters. The Balaban J connectivity index is 1.60. The van der Waals surface area contributed by atoms with E-state index in [2.05, 4.69) is 39.7 Å². The number of aromatic nitrogens is 3. The fraction of sp³-hybridized carbons (Fsp3) is 0.0588. The SMILES string of the molecule is c1ccc2nc(CSc3ncc4ccccn34)ccc2c1. The standard InChI is InChI=1S/C17H13N3S/c1-2-7-16-13(5-1)8-9-14(19-16)12-21-17-18-11-15-6-3-4-10-20(15)17/h1-11H,12H2. The number of hydrogen-bond donors (Lipinski definition) is 0. The quantitative estimate of drug-likeness (QED) is 0.531. The molecule has 3 heterocycles. The Hall–Kier alpha value is -2.33. The van der Waals surface area contributed by atoms with Gasteiger partial charge in [-0.2, -0.15) is 0 Å². The van der Waals surface area contributed by atoms with Gasteiger partial charge in [-0.15, -0.1) is 0 Å². The highest BCUT2D eigenvalue weighted by molar-refractivity contribution is 7.98. The number of hydrogen-bond acceptors (Lipinski definition) is 3. The van der Waals surface area contributed by atoms with Crippen LogP contribution in [0, 0.1) is 0 Å². The van der Waals surface area contributed by atoms with Gasteiger partial charge in [-0.3, -0.25) is 9.38 Å². The Bertz CT molecular complexity index is 914. The van der Waals surface area contributed by atoms with E-state index in [1.165, 1.54) is 5.39 Å². The van der Waals surface area contributed by atoms with E-state index >= 15 is 0 Å². The van der Waals surface area contributed by atoms with Crippen molar-refractivity contribution in [1.29, 1.82) is 0 Å². The van der Waals surface area contributed by atoms with Crippen molar-refractivity contribution < 1.29 is 0 Å². The molecule has 0 amide bonds. The van der Waals surface area contributed by atoms with Gasteiger partial charge >= 0.3 is 0 Å². The molecule has 0 aliphatic carbocycles. The van der Waals surface area contributed by atoms with Crippen molar-refractivity contribution in [2.24, 2.45) is 0 Å². The van der Waals surface area contributed by atoms with E-state index in [1.54, 1.807) is 11.8 Å². The molecule has 1 aromatic carbocycles. The van der Waals surface area contributed by atoms with Gasteiger partial charge in [-0.05, 0) is 24.3 Å². The molecule has 0 bridgehead atoms. The molecule has 0 unspecified atom stereocenters. The first kappa shape index (κ1) is 12.4. The van der Waals surface area contributed by atoms with Crippen LogP contribution in [-0.4, -0.2) is 14.4 Å². The molecule has 0 radical (unpaired) electrons. The summed E-state index contributed by atoms with van der Waals surface area (Å²) in [7, 11) is 0. The summed E-state index contributed by atoms with van der Waals surface area (Å²) in [6.45, 7) is 0. The Kier molecular flexibility index (Phi) is 3.09. The van der Waals surface area contributed by atoms with Gasteiger partial charge in [-0.25, -0.2) is 4.98 Å². The second-order valence-corrected chi connectivity index (χ2v) is 5.76. The van der Waals surface area contributed by atoms with E-state index in [0.717, 1.165) is 27.6 Å². The van der Waals surface area contributed by atoms with Crippen molar-refractivity contribution in [3.63, 3.8) is 0 Å². The molecule has 4 heteroatoms. The van der Waals surface area contributed by atoms with E-state index in [0.29, 0.717) is 0 Å². The molecule has 0 aliphatic heterocycles. The van der Waals surface area contributed by atoms with Crippen molar-refractivity contribution in [2.75, 3.05) is 0 Å². The monoisotopic (exact) mass is 291 g/mol. The van der Waals surface area contributed by atoms with Crippen molar-refractivity contribution in [3.05, 3.63) is 72.7 Å². The highest BCUT2D eigenvalue weighted by Crippen LogP contribution is 2.23. The van der Waals surface area contributed by atoms with Crippen LogP contribution in [0.2, 0.25) is 0 Å². The molecule has 3 aromatic heterocycles. The zero-order valence-corrected chi connectivity index (χ0v) is 12.1. The Morgan fingerprint density at radius 2 is 1.86 bits per heavy atom. The average Bonchev–Trinajstić information content (AvgIpc) is 2.96. The van der Waals surface area contributed by atoms with Crippen LogP contribution in [0.25, 0.3) is 16.4 Å². The highest BCUT2D eigenvalue weighted by atomic mass is 32.2. The van der Waals surface area contributed by atoms with E-state index in [1.807, 2.05) is 36.7 Å². The molecule has 3 nitrogen and oxygen atoms in total. The third-order valence-electron chi connectivity index (χ3n) is 3.41. The first-order valence-corrected chi connectivity index (χ1v) is 7.78. The van der Waals surface area contributed by atoms with Gasteiger partial charge < -0.3 is 0 Å². The molecule has 0 saturated carbocycles. The third kappa shape index (κ3) is 2.38. The maximum atomic E-state index is 4.70. The fourth-order valence-corrected chi connectivity index (χ4v) is 3.22. The predicted molar refractivity (Wildman–Crippen MR) is 86.5 cm³/mol. The second-order valence-electron chi connectivity index (χ2n) is 4.82. The Morgan fingerprint density at radius 3 is 2.86 bits per heavy atom. The van der Waals surface area contributed by atoms with Crippen molar-refractivity contribution in [3.8, 4) is 0 Å². The normalized spacial score (nSPS) is 11.2. The zero-order chi connectivity index (χ0) is 14.1. The number of pyridine rings is 2. The van der Waals surface area contributed by atoms with Crippen LogP contribution >= 0.6 is 11.8 Å². The molecule has 4 aromatic rings. The van der Waals surface area contributed by atoms with E-state index in [9.17, 15) is 0 Å². The second kappa shape index (κ2) is 5.22. The highest BCUT2D eigenvalue weighted by Gasteiger charge is 2.05. The first-order valence-electron chi connectivity index (χ1n) is 6.80. The summed E-state index contributed by atoms with van der Waals surface area (Å²) in [5, 5.41) is 2.18.